The van der Waals surface area contributed by atoms with Crippen molar-refractivity contribution in [2.24, 2.45) is 5.73 Å². The molecule has 9 nitrogen and oxygen atoms in total. The number of aromatic nitrogens is 2. The largest absolute Gasteiger partial charge is 0.490 e. The van der Waals surface area contributed by atoms with Gasteiger partial charge in [0.2, 0.25) is 0 Å². The zero-order valence-corrected chi connectivity index (χ0v) is 18.1. The van der Waals surface area contributed by atoms with Crippen molar-refractivity contribution >= 4 is 44.2 Å². The number of halogens is 1. The average molecular weight is 490 g/mol. The van der Waals surface area contributed by atoms with E-state index in [0.717, 1.165) is 0 Å². The van der Waals surface area contributed by atoms with Gasteiger partial charge in [0.05, 0.1) is 28.4 Å². The van der Waals surface area contributed by atoms with Gasteiger partial charge >= 0.3 is 0 Å². The molecular formula is C19H16BrN5O4S. The first-order valence-corrected chi connectivity index (χ1v) is 10.3. The fourth-order valence-electron chi connectivity index (χ4n) is 2.48. The molecule has 0 spiro atoms. The van der Waals surface area contributed by atoms with Gasteiger partial charge in [-0.25, -0.2) is 4.98 Å². The predicted molar refractivity (Wildman–Crippen MR) is 115 cm³/mol. The molecule has 0 unspecified atom stereocenters. The van der Waals surface area contributed by atoms with Crippen LogP contribution >= 0.6 is 27.3 Å². The van der Waals surface area contributed by atoms with Gasteiger partial charge in [0.25, 0.3) is 11.8 Å². The molecule has 0 saturated heterocycles. The quantitative estimate of drug-likeness (QED) is 0.442. The van der Waals surface area contributed by atoms with Crippen LogP contribution in [0.3, 0.4) is 0 Å². The Bertz CT molecular complexity index is 1130. The van der Waals surface area contributed by atoms with Gasteiger partial charge in [-0.15, -0.1) is 11.3 Å². The Hall–Kier alpha value is -3.36. The van der Waals surface area contributed by atoms with Crippen molar-refractivity contribution in [2.45, 2.75) is 6.92 Å². The zero-order valence-electron chi connectivity index (χ0n) is 15.7. The van der Waals surface area contributed by atoms with E-state index in [1.54, 1.807) is 36.7 Å². The van der Waals surface area contributed by atoms with Crippen molar-refractivity contribution in [3.63, 3.8) is 0 Å². The molecule has 0 saturated carbocycles. The van der Waals surface area contributed by atoms with E-state index in [-0.39, 0.29) is 12.3 Å². The van der Waals surface area contributed by atoms with E-state index < -0.39 is 11.8 Å². The van der Waals surface area contributed by atoms with Crippen molar-refractivity contribution in [1.29, 1.82) is 5.26 Å². The summed E-state index contributed by atoms with van der Waals surface area (Å²) in [6, 6.07) is 6.75. The van der Waals surface area contributed by atoms with Crippen LogP contribution in [0.5, 0.6) is 11.5 Å². The summed E-state index contributed by atoms with van der Waals surface area (Å²) in [4.78, 5) is 30.6. The van der Waals surface area contributed by atoms with Gasteiger partial charge < -0.3 is 20.2 Å². The topological polar surface area (TPSA) is 143 Å². The van der Waals surface area contributed by atoms with Gasteiger partial charge in [0, 0.05) is 23.2 Å². The van der Waals surface area contributed by atoms with Gasteiger partial charge in [-0.05, 0) is 35.0 Å². The summed E-state index contributed by atoms with van der Waals surface area (Å²) in [7, 11) is 0. The van der Waals surface area contributed by atoms with Crippen LogP contribution in [0.2, 0.25) is 0 Å². The Kier molecular flexibility index (Phi) is 6.71. The highest BCUT2D eigenvalue weighted by Gasteiger charge is 2.15. The fraction of sp³-hybridized carbons (Fsp3) is 0.158. The minimum Gasteiger partial charge on any atom is -0.490 e. The molecule has 0 radical (unpaired) electrons. The maximum absolute atomic E-state index is 12.3. The first kappa shape index (κ1) is 21.4. The Balaban J connectivity index is 1.65. The number of hydrogen-bond acceptors (Lipinski definition) is 7. The van der Waals surface area contributed by atoms with E-state index in [0.29, 0.717) is 44.5 Å². The van der Waals surface area contributed by atoms with Crippen LogP contribution in [-0.2, 0) is 4.79 Å². The molecular weight excluding hydrogens is 474 g/mol. The molecule has 30 heavy (non-hydrogen) atoms. The molecule has 3 aromatic rings. The summed E-state index contributed by atoms with van der Waals surface area (Å²) in [6.07, 6.45) is 1.61. The van der Waals surface area contributed by atoms with Crippen molar-refractivity contribution < 1.29 is 19.1 Å². The number of carbonyl (C=O) groups is 2. The molecule has 154 valence electrons. The predicted octanol–water partition coefficient (Wildman–Crippen LogP) is 3.29. The molecule has 0 fully saturated rings. The van der Waals surface area contributed by atoms with Gasteiger partial charge in [-0.2, -0.15) is 5.26 Å². The van der Waals surface area contributed by atoms with E-state index in [2.05, 4.69) is 31.2 Å². The molecule has 2 heterocycles. The lowest BCUT2D eigenvalue weighted by Crippen LogP contribution is -2.20. The summed E-state index contributed by atoms with van der Waals surface area (Å²) >= 11 is 4.57. The lowest BCUT2D eigenvalue weighted by Gasteiger charge is -2.13. The number of amides is 2. The normalized spacial score (nSPS) is 10.3. The molecule has 2 amide bonds. The third-order valence-electron chi connectivity index (χ3n) is 3.78. The van der Waals surface area contributed by atoms with Crippen LogP contribution in [0.15, 0.2) is 34.2 Å². The Morgan fingerprint density at radius 1 is 1.37 bits per heavy atom. The van der Waals surface area contributed by atoms with Crippen LogP contribution in [0.4, 0.5) is 5.13 Å². The van der Waals surface area contributed by atoms with Crippen LogP contribution in [-0.4, -0.2) is 35.0 Å². The molecule has 0 bridgehead atoms. The molecule has 0 aliphatic rings. The number of carbonyl (C=O) groups excluding carboxylic acids is 2. The van der Waals surface area contributed by atoms with Crippen molar-refractivity contribution in [1.82, 2.24) is 9.97 Å². The summed E-state index contributed by atoms with van der Waals surface area (Å²) in [5.74, 6) is -0.286. The average Bonchev–Trinajstić information content (AvgIpc) is 3.36. The minimum absolute atomic E-state index is 0.273. The number of benzene rings is 1. The smallest absolute Gasteiger partial charge is 0.265 e. The maximum Gasteiger partial charge on any atom is 0.265 e. The first-order chi connectivity index (χ1) is 14.4. The van der Waals surface area contributed by atoms with Crippen LogP contribution in [0, 0.1) is 11.3 Å². The molecule has 2 aromatic heterocycles. The molecule has 0 atom stereocenters. The van der Waals surface area contributed by atoms with E-state index >= 15 is 0 Å². The lowest BCUT2D eigenvalue weighted by atomic mass is 10.2. The number of anilines is 1. The standard InChI is InChI=1S/C19H16BrN5O4S/c1-2-28-15-4-10(6-21)3-12(20)17(15)29-8-16(26)25-19-24-14(9-30-19)11-5-13(18(22)27)23-7-11/h3-5,7,9,23H,2,8H2,1H3,(H2,22,27)(H,24,25,26). The number of nitriles is 1. The number of ether oxygens (including phenoxy) is 2. The minimum atomic E-state index is -0.567. The fourth-order valence-corrected chi connectivity index (χ4v) is 3.77. The van der Waals surface area contributed by atoms with Gasteiger partial charge in [-0.1, -0.05) is 0 Å². The number of nitrogens with one attached hydrogen (secondary N) is 2. The van der Waals surface area contributed by atoms with Crippen molar-refractivity contribution in [3.05, 3.63) is 45.5 Å². The second kappa shape index (κ2) is 9.43. The second-order valence-electron chi connectivity index (χ2n) is 5.87. The second-order valence-corrected chi connectivity index (χ2v) is 7.58. The Morgan fingerprint density at radius 2 is 2.17 bits per heavy atom. The third kappa shape index (κ3) is 4.97. The number of hydrogen-bond donors (Lipinski definition) is 3. The van der Waals surface area contributed by atoms with E-state index in [1.807, 2.05) is 6.07 Å². The molecule has 4 N–H and O–H groups in total. The number of nitrogens with zero attached hydrogens (tertiary/aromatic N) is 2. The monoisotopic (exact) mass is 489 g/mol. The molecule has 0 aliphatic heterocycles. The zero-order chi connectivity index (χ0) is 21.7. The number of aromatic amines is 1. The lowest BCUT2D eigenvalue weighted by molar-refractivity contribution is -0.118. The van der Waals surface area contributed by atoms with Gasteiger partial charge in [-0.3, -0.25) is 14.9 Å². The van der Waals surface area contributed by atoms with E-state index in [1.165, 1.54) is 11.3 Å². The number of rotatable bonds is 8. The highest BCUT2D eigenvalue weighted by molar-refractivity contribution is 9.10. The number of H-pyrrole nitrogens is 1. The molecule has 3 rings (SSSR count). The van der Waals surface area contributed by atoms with Crippen LogP contribution < -0.4 is 20.5 Å². The van der Waals surface area contributed by atoms with Crippen molar-refractivity contribution in [2.75, 3.05) is 18.5 Å². The van der Waals surface area contributed by atoms with E-state index in [4.69, 9.17) is 20.5 Å². The molecule has 0 aliphatic carbocycles. The van der Waals surface area contributed by atoms with Gasteiger partial charge in [0.15, 0.2) is 23.2 Å². The number of nitrogens with two attached hydrogens (primary N) is 1. The SMILES string of the molecule is CCOc1cc(C#N)cc(Br)c1OCC(=O)Nc1nc(-c2c[nH]c(C(N)=O)c2)cs1. The summed E-state index contributed by atoms with van der Waals surface area (Å²) in [6.45, 7) is 1.90. The van der Waals surface area contributed by atoms with E-state index in [9.17, 15) is 9.59 Å². The highest BCUT2D eigenvalue weighted by atomic mass is 79.9. The highest BCUT2D eigenvalue weighted by Crippen LogP contribution is 2.36. The summed E-state index contributed by atoms with van der Waals surface area (Å²) in [5, 5.41) is 13.9. The van der Waals surface area contributed by atoms with Crippen molar-refractivity contribution in [3.8, 4) is 28.8 Å². The van der Waals surface area contributed by atoms with Crippen LogP contribution in [0.25, 0.3) is 11.3 Å². The third-order valence-corrected chi connectivity index (χ3v) is 5.13. The number of thiazole rings is 1. The Labute approximate surface area is 184 Å². The summed E-state index contributed by atoms with van der Waals surface area (Å²) in [5.41, 5.74) is 7.18. The summed E-state index contributed by atoms with van der Waals surface area (Å²) < 4.78 is 11.6. The van der Waals surface area contributed by atoms with Gasteiger partial charge in [0.1, 0.15) is 5.69 Å². The first-order valence-electron chi connectivity index (χ1n) is 8.64. The van der Waals surface area contributed by atoms with Crippen LogP contribution in [0.1, 0.15) is 23.0 Å². The molecule has 1 aromatic carbocycles. The maximum atomic E-state index is 12.3. The Morgan fingerprint density at radius 3 is 2.83 bits per heavy atom. The molecule has 11 heteroatoms. The number of primary amides is 1.